The third-order valence-electron chi connectivity index (χ3n) is 4.24. The van der Waals surface area contributed by atoms with Crippen LogP contribution in [0.5, 0.6) is 0 Å². The van der Waals surface area contributed by atoms with Gasteiger partial charge in [-0.25, -0.2) is 8.42 Å². The molecule has 0 N–H and O–H groups in total. The van der Waals surface area contributed by atoms with Gasteiger partial charge in [0.2, 0.25) is 0 Å². The number of rotatable bonds is 3. The minimum absolute atomic E-state index is 0.128. The summed E-state index contributed by atoms with van der Waals surface area (Å²) < 4.78 is 24.9. The number of para-hydroxylation sites is 1. The number of aromatic nitrogens is 4. The Morgan fingerprint density at radius 2 is 2.09 bits per heavy atom. The minimum Gasteiger partial charge on any atom is -0.256 e. The van der Waals surface area contributed by atoms with Crippen LogP contribution in [0.3, 0.4) is 0 Å². The van der Waals surface area contributed by atoms with Crippen molar-refractivity contribution in [3.05, 3.63) is 42.7 Å². The quantitative estimate of drug-likeness (QED) is 0.734. The Morgan fingerprint density at radius 3 is 2.91 bits per heavy atom. The van der Waals surface area contributed by atoms with Gasteiger partial charge < -0.3 is 0 Å². The fourth-order valence-corrected chi connectivity index (χ4v) is 4.96. The summed E-state index contributed by atoms with van der Waals surface area (Å²) in [5, 5.41) is 9.45. The molecule has 0 radical (unpaired) electrons. The number of benzene rings is 1. The monoisotopic (exact) mass is 328 g/mol. The molecule has 0 aliphatic carbocycles. The van der Waals surface area contributed by atoms with E-state index in [1.165, 1.54) is 0 Å². The van der Waals surface area contributed by atoms with Gasteiger partial charge in [0.1, 0.15) is 5.69 Å². The number of hydrogen-bond donors (Lipinski definition) is 0. The summed E-state index contributed by atoms with van der Waals surface area (Å²) in [6.07, 6.45) is 4.35. The van der Waals surface area contributed by atoms with E-state index in [1.807, 2.05) is 36.5 Å². The molecule has 0 amide bonds. The normalized spacial score (nSPS) is 20.1. The average Bonchev–Trinajstić information content (AvgIpc) is 3.13. The van der Waals surface area contributed by atoms with Crippen molar-refractivity contribution in [3.8, 4) is 11.3 Å². The van der Waals surface area contributed by atoms with Gasteiger partial charge in [0.25, 0.3) is 0 Å². The highest BCUT2D eigenvalue weighted by molar-refractivity contribution is 7.91. The second-order valence-electron chi connectivity index (χ2n) is 5.97. The molecule has 6 nitrogen and oxygen atoms in total. The molecule has 7 heteroatoms. The average molecular weight is 328 g/mol. The fourth-order valence-electron chi connectivity index (χ4n) is 3.11. The first-order chi connectivity index (χ1) is 11.1. The van der Waals surface area contributed by atoms with Crippen LogP contribution in [0, 0.1) is 5.92 Å². The zero-order valence-corrected chi connectivity index (χ0v) is 13.3. The van der Waals surface area contributed by atoms with Gasteiger partial charge >= 0.3 is 0 Å². The van der Waals surface area contributed by atoms with Crippen molar-refractivity contribution in [2.45, 2.75) is 13.0 Å². The highest BCUT2D eigenvalue weighted by Crippen LogP contribution is 2.26. The second kappa shape index (κ2) is 5.42. The lowest BCUT2D eigenvalue weighted by Crippen LogP contribution is -2.12. The topological polar surface area (TPSA) is 77.7 Å². The number of hydrogen-bond acceptors (Lipinski definition) is 5. The van der Waals surface area contributed by atoms with E-state index in [4.69, 9.17) is 0 Å². The predicted molar refractivity (Wildman–Crippen MR) is 87.5 cm³/mol. The van der Waals surface area contributed by atoms with Gasteiger partial charge in [-0.15, -0.1) is 5.10 Å². The molecule has 2 aromatic heterocycles. The molecule has 3 heterocycles. The van der Waals surface area contributed by atoms with E-state index >= 15 is 0 Å². The molecular formula is C16H16N4O2S. The molecule has 1 aliphatic heterocycles. The summed E-state index contributed by atoms with van der Waals surface area (Å²) in [5.41, 5.74) is 2.69. The van der Waals surface area contributed by atoms with Gasteiger partial charge in [-0.05, 0) is 24.5 Å². The van der Waals surface area contributed by atoms with Crippen LogP contribution in [0.2, 0.25) is 0 Å². The molecule has 23 heavy (non-hydrogen) atoms. The van der Waals surface area contributed by atoms with Gasteiger partial charge in [-0.1, -0.05) is 23.4 Å². The maximum Gasteiger partial charge on any atom is 0.150 e. The van der Waals surface area contributed by atoms with E-state index < -0.39 is 9.84 Å². The van der Waals surface area contributed by atoms with Gasteiger partial charge in [0.05, 0.1) is 23.2 Å². The molecule has 0 saturated carbocycles. The Hall–Kier alpha value is -2.28. The summed E-state index contributed by atoms with van der Waals surface area (Å²) in [6, 6.07) is 9.83. The Balaban J connectivity index is 1.63. The number of sulfone groups is 1. The van der Waals surface area contributed by atoms with E-state index in [0.29, 0.717) is 13.0 Å². The van der Waals surface area contributed by atoms with Crippen molar-refractivity contribution in [2.75, 3.05) is 11.5 Å². The maximum absolute atomic E-state index is 11.6. The van der Waals surface area contributed by atoms with Gasteiger partial charge in [0.15, 0.2) is 9.84 Å². The van der Waals surface area contributed by atoms with Gasteiger partial charge in [-0.3, -0.25) is 9.67 Å². The third kappa shape index (κ3) is 2.84. The Morgan fingerprint density at radius 1 is 1.22 bits per heavy atom. The highest BCUT2D eigenvalue weighted by atomic mass is 32.2. The van der Waals surface area contributed by atoms with Crippen LogP contribution in [-0.2, 0) is 16.4 Å². The molecule has 0 spiro atoms. The fraction of sp³-hybridized carbons (Fsp3) is 0.312. The first-order valence-electron chi connectivity index (χ1n) is 7.55. The van der Waals surface area contributed by atoms with Crippen LogP contribution in [0.4, 0.5) is 0 Å². The van der Waals surface area contributed by atoms with Crippen molar-refractivity contribution in [1.82, 2.24) is 20.0 Å². The molecule has 1 aliphatic rings. The smallest absolute Gasteiger partial charge is 0.150 e. The Labute approximate surface area is 134 Å². The Bertz CT molecular complexity index is 960. The molecule has 1 atom stereocenters. The lowest BCUT2D eigenvalue weighted by atomic mass is 10.1. The molecule has 1 aromatic carbocycles. The van der Waals surface area contributed by atoms with Crippen LogP contribution < -0.4 is 0 Å². The van der Waals surface area contributed by atoms with Crippen LogP contribution in [0.25, 0.3) is 22.2 Å². The SMILES string of the molecule is O=S1(=O)CCC(Cn2cc(-c3ccnc4ccccc34)nn2)C1. The minimum atomic E-state index is -2.86. The molecule has 1 fully saturated rings. The summed E-state index contributed by atoms with van der Waals surface area (Å²) >= 11 is 0. The van der Waals surface area contributed by atoms with Crippen molar-refractivity contribution in [1.29, 1.82) is 0 Å². The van der Waals surface area contributed by atoms with E-state index in [0.717, 1.165) is 22.2 Å². The molecule has 1 saturated heterocycles. The summed E-state index contributed by atoms with van der Waals surface area (Å²) in [5.74, 6) is 0.665. The molecule has 4 rings (SSSR count). The standard InChI is InChI=1S/C16H16N4O2S/c21-23(22)8-6-12(11-23)9-20-10-16(18-19-20)14-5-7-17-15-4-2-1-3-13(14)15/h1-5,7,10,12H,6,8-9,11H2. The number of pyridine rings is 1. The summed E-state index contributed by atoms with van der Waals surface area (Å²) in [7, 11) is -2.86. The lowest BCUT2D eigenvalue weighted by Gasteiger charge is -2.06. The lowest BCUT2D eigenvalue weighted by molar-refractivity contribution is 0.448. The van der Waals surface area contributed by atoms with Crippen LogP contribution in [0.1, 0.15) is 6.42 Å². The first-order valence-corrected chi connectivity index (χ1v) is 9.37. The van der Waals surface area contributed by atoms with Crippen molar-refractivity contribution < 1.29 is 8.42 Å². The first kappa shape index (κ1) is 14.3. The Kier molecular flexibility index (Phi) is 3.37. The summed E-state index contributed by atoms with van der Waals surface area (Å²) in [4.78, 5) is 4.35. The zero-order valence-electron chi connectivity index (χ0n) is 12.5. The second-order valence-corrected chi connectivity index (χ2v) is 8.20. The van der Waals surface area contributed by atoms with E-state index in [-0.39, 0.29) is 17.4 Å². The molecule has 3 aromatic rings. The molecule has 0 bridgehead atoms. The molecule has 118 valence electrons. The van der Waals surface area contributed by atoms with Crippen LogP contribution in [-0.4, -0.2) is 39.9 Å². The summed E-state index contributed by atoms with van der Waals surface area (Å²) in [6.45, 7) is 0.593. The zero-order chi connectivity index (χ0) is 15.9. The van der Waals surface area contributed by atoms with E-state index in [2.05, 4.69) is 15.3 Å². The van der Waals surface area contributed by atoms with E-state index in [9.17, 15) is 8.42 Å². The van der Waals surface area contributed by atoms with Crippen molar-refractivity contribution in [2.24, 2.45) is 5.92 Å². The maximum atomic E-state index is 11.6. The van der Waals surface area contributed by atoms with Crippen molar-refractivity contribution in [3.63, 3.8) is 0 Å². The van der Waals surface area contributed by atoms with Gasteiger partial charge in [-0.2, -0.15) is 0 Å². The van der Waals surface area contributed by atoms with Gasteiger partial charge in [0, 0.05) is 23.7 Å². The van der Waals surface area contributed by atoms with Crippen LogP contribution >= 0.6 is 0 Å². The van der Waals surface area contributed by atoms with Crippen molar-refractivity contribution >= 4 is 20.7 Å². The molecule has 1 unspecified atom stereocenters. The highest BCUT2D eigenvalue weighted by Gasteiger charge is 2.28. The largest absolute Gasteiger partial charge is 0.256 e. The van der Waals surface area contributed by atoms with E-state index in [1.54, 1.807) is 10.9 Å². The van der Waals surface area contributed by atoms with Crippen LogP contribution in [0.15, 0.2) is 42.7 Å². The predicted octanol–water partition coefficient (Wildman–Crippen LogP) is 1.93. The molecular weight excluding hydrogens is 312 g/mol. The number of nitrogens with zero attached hydrogens (tertiary/aromatic N) is 4. The third-order valence-corrected chi connectivity index (χ3v) is 6.07. The number of fused-ring (bicyclic) bond motifs is 1.